The summed E-state index contributed by atoms with van der Waals surface area (Å²) in [5.41, 5.74) is 0.648. The lowest BCUT2D eigenvalue weighted by molar-refractivity contribution is 0.0458. The van der Waals surface area contributed by atoms with E-state index in [1.54, 1.807) is 11.3 Å². The molecule has 0 amide bonds. The van der Waals surface area contributed by atoms with Crippen molar-refractivity contribution in [1.29, 1.82) is 0 Å². The van der Waals surface area contributed by atoms with Crippen molar-refractivity contribution in [2.24, 2.45) is 0 Å². The van der Waals surface area contributed by atoms with E-state index >= 15 is 0 Å². The molecule has 84 valence electrons. The second-order valence-corrected chi connectivity index (χ2v) is 6.02. The molecular weight excluding hydrogens is 216 g/mol. The smallest absolute Gasteiger partial charge is 0.0913 e. The number of hydrogen-bond acceptors (Lipinski definition) is 2. The van der Waals surface area contributed by atoms with Gasteiger partial charge in [0.15, 0.2) is 0 Å². The lowest BCUT2D eigenvalue weighted by Gasteiger charge is -2.23. The lowest BCUT2D eigenvalue weighted by Crippen LogP contribution is -2.21. The van der Waals surface area contributed by atoms with Gasteiger partial charge in [-0.2, -0.15) is 0 Å². The van der Waals surface area contributed by atoms with Gasteiger partial charge in [0.05, 0.1) is 5.60 Å². The quantitative estimate of drug-likeness (QED) is 0.788. The topological polar surface area (TPSA) is 20.2 Å². The van der Waals surface area contributed by atoms with Gasteiger partial charge in [0.2, 0.25) is 0 Å². The molecule has 1 saturated carbocycles. The molecule has 1 heterocycles. The van der Waals surface area contributed by atoms with Crippen molar-refractivity contribution in [2.75, 3.05) is 0 Å². The summed E-state index contributed by atoms with van der Waals surface area (Å²) in [6.07, 6.45) is 4.16. The normalized spacial score (nSPS) is 19.4. The molecule has 1 nitrogen and oxygen atoms in total. The summed E-state index contributed by atoms with van der Waals surface area (Å²) < 4.78 is 1.30. The largest absolute Gasteiger partial charge is 0.385 e. The van der Waals surface area contributed by atoms with Crippen molar-refractivity contribution >= 4 is 21.4 Å². The van der Waals surface area contributed by atoms with Crippen LogP contribution in [-0.2, 0) is 5.60 Å². The molecular formula is C14H16OS. The molecule has 16 heavy (non-hydrogen) atoms. The lowest BCUT2D eigenvalue weighted by atomic mass is 9.90. The van der Waals surface area contributed by atoms with Crippen LogP contribution in [0, 0.1) is 6.92 Å². The van der Waals surface area contributed by atoms with E-state index in [1.807, 2.05) is 0 Å². The predicted molar refractivity (Wildman–Crippen MR) is 68.9 cm³/mol. The van der Waals surface area contributed by atoms with Gasteiger partial charge < -0.3 is 5.11 Å². The van der Waals surface area contributed by atoms with E-state index in [9.17, 15) is 5.11 Å². The molecule has 0 atom stereocenters. The molecule has 1 N–H and O–H groups in total. The first-order valence-electron chi connectivity index (χ1n) is 5.92. The first-order chi connectivity index (χ1) is 7.71. The fourth-order valence-electron chi connectivity index (χ4n) is 2.96. The fraction of sp³-hybridized carbons (Fsp3) is 0.429. The summed E-state index contributed by atoms with van der Waals surface area (Å²) in [5, 5.41) is 12.0. The van der Waals surface area contributed by atoms with Gasteiger partial charge in [-0.3, -0.25) is 0 Å². The molecule has 0 aliphatic heterocycles. The van der Waals surface area contributed by atoms with Gasteiger partial charge >= 0.3 is 0 Å². The van der Waals surface area contributed by atoms with Crippen LogP contribution in [0.15, 0.2) is 24.3 Å². The zero-order valence-electron chi connectivity index (χ0n) is 9.49. The SMILES string of the molecule is Cc1sc2ccccc2c1C1(O)CCCC1. The van der Waals surface area contributed by atoms with Gasteiger partial charge in [-0.05, 0) is 31.2 Å². The second-order valence-electron chi connectivity index (χ2n) is 4.77. The minimum absolute atomic E-state index is 0.552. The summed E-state index contributed by atoms with van der Waals surface area (Å²) in [6.45, 7) is 2.14. The molecule has 1 fully saturated rings. The Morgan fingerprint density at radius 3 is 2.62 bits per heavy atom. The third-order valence-electron chi connectivity index (χ3n) is 3.67. The third-order valence-corrected chi connectivity index (χ3v) is 4.75. The fourth-order valence-corrected chi connectivity index (χ4v) is 4.11. The van der Waals surface area contributed by atoms with Gasteiger partial charge in [0, 0.05) is 15.1 Å². The van der Waals surface area contributed by atoms with E-state index in [0.717, 1.165) is 25.7 Å². The number of thiophene rings is 1. The van der Waals surface area contributed by atoms with E-state index in [4.69, 9.17) is 0 Å². The molecule has 2 aromatic rings. The van der Waals surface area contributed by atoms with E-state index < -0.39 is 5.60 Å². The van der Waals surface area contributed by atoms with Crippen molar-refractivity contribution in [3.05, 3.63) is 34.7 Å². The average molecular weight is 232 g/mol. The Morgan fingerprint density at radius 1 is 1.19 bits per heavy atom. The molecule has 0 bridgehead atoms. The van der Waals surface area contributed by atoms with Crippen molar-refractivity contribution in [3.63, 3.8) is 0 Å². The highest BCUT2D eigenvalue weighted by Crippen LogP contribution is 2.45. The number of rotatable bonds is 1. The van der Waals surface area contributed by atoms with Gasteiger partial charge in [0.25, 0.3) is 0 Å². The summed E-state index contributed by atoms with van der Waals surface area (Å²) in [5.74, 6) is 0. The molecule has 1 aromatic carbocycles. The zero-order chi connectivity index (χ0) is 11.2. The van der Waals surface area contributed by atoms with Crippen molar-refractivity contribution in [2.45, 2.75) is 38.2 Å². The highest BCUT2D eigenvalue weighted by Gasteiger charge is 2.36. The number of hydrogen-bond donors (Lipinski definition) is 1. The average Bonchev–Trinajstić information content (AvgIpc) is 2.81. The molecule has 2 heteroatoms. The highest BCUT2D eigenvalue weighted by atomic mass is 32.1. The van der Waals surface area contributed by atoms with Crippen LogP contribution in [0.5, 0.6) is 0 Å². The molecule has 0 saturated heterocycles. The summed E-state index contributed by atoms with van der Waals surface area (Å²) in [6, 6.07) is 8.43. The maximum Gasteiger partial charge on any atom is 0.0913 e. The first kappa shape index (κ1) is 10.3. The number of fused-ring (bicyclic) bond motifs is 1. The Labute approximate surface area is 99.7 Å². The third kappa shape index (κ3) is 1.40. The Bertz CT molecular complexity index is 521. The van der Waals surface area contributed by atoms with Crippen LogP contribution >= 0.6 is 11.3 Å². The minimum atomic E-state index is -0.552. The van der Waals surface area contributed by atoms with Crippen LogP contribution in [0.2, 0.25) is 0 Å². The van der Waals surface area contributed by atoms with Crippen LogP contribution in [-0.4, -0.2) is 5.11 Å². The van der Waals surface area contributed by atoms with Crippen molar-refractivity contribution in [3.8, 4) is 0 Å². The standard InChI is InChI=1S/C14H16OS/c1-10-13(14(15)8-4-5-9-14)11-6-2-3-7-12(11)16-10/h2-3,6-7,15H,4-5,8-9H2,1H3. The monoisotopic (exact) mass is 232 g/mol. The molecule has 1 aromatic heterocycles. The minimum Gasteiger partial charge on any atom is -0.385 e. The van der Waals surface area contributed by atoms with E-state index in [-0.39, 0.29) is 0 Å². The zero-order valence-corrected chi connectivity index (χ0v) is 10.3. The molecule has 0 spiro atoms. The molecule has 1 aliphatic carbocycles. The van der Waals surface area contributed by atoms with Gasteiger partial charge in [-0.1, -0.05) is 31.0 Å². The Balaban J connectivity index is 2.26. The van der Waals surface area contributed by atoms with Crippen molar-refractivity contribution in [1.82, 2.24) is 0 Å². The van der Waals surface area contributed by atoms with E-state index in [1.165, 1.54) is 20.5 Å². The maximum atomic E-state index is 10.7. The van der Waals surface area contributed by atoms with E-state index in [2.05, 4.69) is 31.2 Å². The van der Waals surface area contributed by atoms with Gasteiger partial charge in [0.1, 0.15) is 0 Å². The first-order valence-corrected chi connectivity index (χ1v) is 6.73. The summed E-state index contributed by atoms with van der Waals surface area (Å²) in [7, 11) is 0. The highest BCUT2D eigenvalue weighted by molar-refractivity contribution is 7.19. The van der Waals surface area contributed by atoms with Gasteiger partial charge in [-0.25, -0.2) is 0 Å². The van der Waals surface area contributed by atoms with Crippen LogP contribution in [0.25, 0.3) is 10.1 Å². The molecule has 0 radical (unpaired) electrons. The Kier molecular flexibility index (Phi) is 2.30. The number of aryl methyl sites for hydroxylation is 1. The second kappa shape index (κ2) is 3.57. The van der Waals surface area contributed by atoms with Crippen LogP contribution in [0.3, 0.4) is 0 Å². The summed E-state index contributed by atoms with van der Waals surface area (Å²) >= 11 is 1.80. The molecule has 1 aliphatic rings. The summed E-state index contributed by atoms with van der Waals surface area (Å²) in [4.78, 5) is 1.28. The molecule has 0 unspecified atom stereocenters. The van der Waals surface area contributed by atoms with Crippen molar-refractivity contribution < 1.29 is 5.11 Å². The predicted octanol–water partition coefficient (Wildman–Crippen LogP) is 3.97. The van der Waals surface area contributed by atoms with Crippen LogP contribution in [0.1, 0.15) is 36.1 Å². The Morgan fingerprint density at radius 2 is 1.88 bits per heavy atom. The number of benzene rings is 1. The Hall–Kier alpha value is -0.860. The van der Waals surface area contributed by atoms with Crippen LogP contribution < -0.4 is 0 Å². The van der Waals surface area contributed by atoms with E-state index in [0.29, 0.717) is 0 Å². The van der Waals surface area contributed by atoms with Gasteiger partial charge in [-0.15, -0.1) is 11.3 Å². The molecule has 3 rings (SSSR count). The maximum absolute atomic E-state index is 10.7. The van der Waals surface area contributed by atoms with Crippen LogP contribution in [0.4, 0.5) is 0 Å². The number of aliphatic hydroxyl groups is 1.